The second-order valence-corrected chi connectivity index (χ2v) is 8.49. The van der Waals surface area contributed by atoms with Gasteiger partial charge in [-0.15, -0.1) is 0 Å². The van der Waals surface area contributed by atoms with Crippen molar-refractivity contribution in [3.05, 3.63) is 52.5 Å². The van der Waals surface area contributed by atoms with E-state index in [9.17, 15) is 9.59 Å². The number of ether oxygens (including phenoxy) is 1. The number of hydrogen-bond acceptors (Lipinski definition) is 4. The van der Waals surface area contributed by atoms with Crippen LogP contribution in [0.25, 0.3) is 10.1 Å². The topological polar surface area (TPSA) is 43.4 Å². The molecule has 122 valence electrons. The molecule has 0 radical (unpaired) electrons. The molecule has 5 heteroatoms. The van der Waals surface area contributed by atoms with E-state index in [4.69, 9.17) is 4.74 Å². The molecular formula is C18H20O3SSe. The number of fused-ring (bicyclic) bond motifs is 1. The van der Waals surface area contributed by atoms with Gasteiger partial charge in [-0.2, -0.15) is 0 Å². The van der Waals surface area contributed by atoms with E-state index in [1.165, 1.54) is 27.3 Å². The molecule has 2 rings (SSSR count). The summed E-state index contributed by atoms with van der Waals surface area (Å²) in [7, 11) is 0. The van der Waals surface area contributed by atoms with Crippen LogP contribution in [0, 0.1) is 0 Å². The summed E-state index contributed by atoms with van der Waals surface area (Å²) in [4.78, 5) is 22.6. The van der Waals surface area contributed by atoms with Crippen LogP contribution < -0.4 is 9.20 Å². The summed E-state index contributed by atoms with van der Waals surface area (Å²) in [5, 5.41) is 2.37. The number of esters is 1. The van der Waals surface area contributed by atoms with E-state index < -0.39 is 0 Å². The molecule has 1 aromatic heterocycles. The van der Waals surface area contributed by atoms with Crippen LogP contribution in [0.1, 0.15) is 25.7 Å². The molecular weight excluding hydrogens is 375 g/mol. The van der Waals surface area contributed by atoms with Crippen molar-refractivity contribution in [2.45, 2.75) is 31.0 Å². The van der Waals surface area contributed by atoms with Crippen LogP contribution in [-0.4, -0.2) is 27.5 Å². The molecule has 0 saturated carbocycles. The molecule has 0 N–H and O–H groups in total. The molecule has 0 unspecified atom stereocenters. The quantitative estimate of drug-likeness (QED) is 0.283. The Morgan fingerprint density at radius 2 is 2.00 bits per heavy atom. The predicted octanol–water partition coefficient (Wildman–Crippen LogP) is 3.30. The Bertz CT molecular complexity index is 724. The van der Waals surface area contributed by atoms with Gasteiger partial charge >= 0.3 is 146 Å². The molecule has 1 heterocycles. The second kappa shape index (κ2) is 9.66. The summed E-state index contributed by atoms with van der Waals surface area (Å²) in [6.45, 7) is 3.84. The summed E-state index contributed by atoms with van der Waals surface area (Å²) in [5.74, 6) is -0.348. The van der Waals surface area contributed by atoms with E-state index in [1.807, 2.05) is 24.3 Å². The third-order valence-electron chi connectivity index (χ3n) is 3.32. The Hall–Kier alpha value is -1.42. The van der Waals surface area contributed by atoms with Crippen molar-refractivity contribution in [3.63, 3.8) is 0 Å². The van der Waals surface area contributed by atoms with Gasteiger partial charge in [-0.3, -0.25) is 0 Å². The van der Waals surface area contributed by atoms with Crippen molar-refractivity contribution in [1.29, 1.82) is 0 Å². The minimum atomic E-state index is -0.348. The van der Waals surface area contributed by atoms with Gasteiger partial charge in [-0.05, 0) is 0 Å². The number of carbonyl (C=O) groups is 1. The Kier molecular flexibility index (Phi) is 7.53. The van der Waals surface area contributed by atoms with Crippen molar-refractivity contribution in [2.24, 2.45) is 0 Å². The fourth-order valence-corrected chi connectivity index (χ4v) is 5.61. The maximum absolute atomic E-state index is 11.8. The molecule has 0 atom stereocenters. The molecule has 0 aliphatic heterocycles. The van der Waals surface area contributed by atoms with Crippen LogP contribution in [0.2, 0.25) is 5.32 Å². The van der Waals surface area contributed by atoms with E-state index in [-0.39, 0.29) is 10.7 Å². The molecule has 23 heavy (non-hydrogen) atoms. The molecule has 0 bridgehead atoms. The normalized spacial score (nSPS) is 10.6. The molecule has 0 aliphatic carbocycles. The zero-order valence-corrected chi connectivity index (χ0v) is 15.5. The van der Waals surface area contributed by atoms with Gasteiger partial charge in [-0.25, -0.2) is 0 Å². The molecule has 0 spiro atoms. The fraction of sp³-hybridized carbons (Fsp3) is 0.333. The standard InChI is InChI=1S/C18H20O3SSe/c1-2-17(19)21-11-7-3-4-8-12-23-16-13-18(20)22-15-10-6-5-9-14(15)16/h2,5-6,9-10,13H,1,3-4,7-8,11-12H2. The van der Waals surface area contributed by atoms with E-state index >= 15 is 0 Å². The summed E-state index contributed by atoms with van der Waals surface area (Å²) in [6, 6.07) is 9.95. The molecule has 2 aromatic rings. The van der Waals surface area contributed by atoms with Gasteiger partial charge in [0.05, 0.1) is 0 Å². The summed E-state index contributed by atoms with van der Waals surface area (Å²) < 4.78 is 7.39. The molecule has 0 saturated heterocycles. The average Bonchev–Trinajstić information content (AvgIpc) is 2.56. The van der Waals surface area contributed by atoms with E-state index in [0.717, 1.165) is 35.7 Å². The number of carbonyl (C=O) groups excluding carboxylic acids is 1. The first kappa shape index (κ1) is 17.9. The molecule has 0 aliphatic rings. The summed E-state index contributed by atoms with van der Waals surface area (Å²) in [6.07, 6.45) is 5.43. The van der Waals surface area contributed by atoms with Crippen LogP contribution in [0.15, 0.2) is 47.8 Å². The van der Waals surface area contributed by atoms with Gasteiger partial charge in [-0.1, -0.05) is 0 Å². The second-order valence-electron chi connectivity index (χ2n) is 5.06. The molecule has 1 aromatic carbocycles. The van der Waals surface area contributed by atoms with E-state index in [2.05, 4.69) is 12.6 Å². The first-order chi connectivity index (χ1) is 11.2. The number of rotatable bonds is 9. The van der Waals surface area contributed by atoms with Gasteiger partial charge < -0.3 is 0 Å². The van der Waals surface area contributed by atoms with Gasteiger partial charge in [0.15, 0.2) is 0 Å². The van der Waals surface area contributed by atoms with Gasteiger partial charge in [0.25, 0.3) is 0 Å². The Balaban J connectivity index is 1.72. The molecule has 3 nitrogen and oxygen atoms in total. The number of unbranched alkanes of at least 4 members (excludes halogenated alkanes) is 3. The van der Waals surface area contributed by atoms with E-state index in [0.29, 0.717) is 21.6 Å². The van der Waals surface area contributed by atoms with Crippen LogP contribution >= 0.6 is 11.3 Å². The third-order valence-corrected chi connectivity index (χ3v) is 6.61. The monoisotopic (exact) mass is 396 g/mol. The molecule has 0 fully saturated rings. The first-order valence-corrected chi connectivity index (χ1v) is 10.5. The number of hydrogen-bond donors (Lipinski definition) is 0. The van der Waals surface area contributed by atoms with E-state index in [1.54, 1.807) is 0 Å². The molecule has 0 amide bonds. The fourth-order valence-electron chi connectivity index (χ4n) is 2.17. The van der Waals surface area contributed by atoms with Crippen LogP contribution in [0.4, 0.5) is 0 Å². The van der Waals surface area contributed by atoms with Crippen molar-refractivity contribution in [1.82, 2.24) is 0 Å². The zero-order valence-electron chi connectivity index (χ0n) is 13.0. The van der Waals surface area contributed by atoms with Crippen LogP contribution in [0.3, 0.4) is 0 Å². The van der Waals surface area contributed by atoms with Gasteiger partial charge in [0.2, 0.25) is 0 Å². The third kappa shape index (κ3) is 5.94. The first-order valence-electron chi connectivity index (χ1n) is 7.65. The maximum atomic E-state index is 11.8. The predicted molar refractivity (Wildman–Crippen MR) is 97.9 cm³/mol. The SMILES string of the molecule is C=CC(=O)OCCCCCC[Se]c1cc(=O)sc2ccccc12. The van der Waals surface area contributed by atoms with Crippen molar-refractivity contribution >= 4 is 46.8 Å². The van der Waals surface area contributed by atoms with Crippen LogP contribution in [0.5, 0.6) is 0 Å². The van der Waals surface area contributed by atoms with Crippen LogP contribution in [-0.2, 0) is 9.53 Å². The van der Waals surface area contributed by atoms with Gasteiger partial charge in [0.1, 0.15) is 0 Å². The minimum absolute atomic E-state index is 0.143. The van der Waals surface area contributed by atoms with Gasteiger partial charge in [0, 0.05) is 0 Å². The Morgan fingerprint density at radius 1 is 1.22 bits per heavy atom. The van der Waals surface area contributed by atoms with Crippen molar-refractivity contribution in [3.8, 4) is 0 Å². The summed E-state index contributed by atoms with van der Waals surface area (Å²) in [5.41, 5.74) is 0. The van der Waals surface area contributed by atoms with Crippen molar-refractivity contribution in [2.75, 3.05) is 6.61 Å². The zero-order chi connectivity index (χ0) is 16.5. The average molecular weight is 395 g/mol. The van der Waals surface area contributed by atoms with Crippen molar-refractivity contribution < 1.29 is 9.53 Å². The Morgan fingerprint density at radius 3 is 2.83 bits per heavy atom. The summed E-state index contributed by atoms with van der Waals surface area (Å²) >= 11 is 1.65. The number of benzene rings is 1. The Labute approximate surface area is 146 Å².